The smallest absolute Gasteiger partial charge is 0.261 e. The van der Waals surface area contributed by atoms with Gasteiger partial charge in [0.25, 0.3) is 5.91 Å². The van der Waals surface area contributed by atoms with E-state index in [1.54, 1.807) is 11.3 Å². The van der Waals surface area contributed by atoms with E-state index in [2.05, 4.69) is 16.4 Å². The molecule has 0 spiro atoms. The van der Waals surface area contributed by atoms with E-state index in [-0.39, 0.29) is 5.91 Å². The maximum absolute atomic E-state index is 12.2. The Hall–Kier alpha value is -2.40. The van der Waals surface area contributed by atoms with E-state index in [1.807, 2.05) is 42.5 Å². The number of carbonyl (C=O) groups is 1. The molecule has 1 N–H and O–H groups in total. The second kappa shape index (κ2) is 6.61. The van der Waals surface area contributed by atoms with Crippen LogP contribution in [0.2, 0.25) is 0 Å². The van der Waals surface area contributed by atoms with Crippen molar-refractivity contribution in [1.82, 2.24) is 10.3 Å². The monoisotopic (exact) mass is 338 g/mol. The van der Waals surface area contributed by atoms with Crippen LogP contribution in [0.3, 0.4) is 0 Å². The Balaban J connectivity index is 1.25. The largest absolute Gasteiger partial charge is 0.480 e. The summed E-state index contributed by atoms with van der Waals surface area (Å²) < 4.78 is 6.92. The first-order valence-electron chi connectivity index (χ1n) is 8.16. The van der Waals surface area contributed by atoms with E-state index >= 15 is 0 Å². The number of fused-ring (bicyclic) bond motifs is 2. The van der Waals surface area contributed by atoms with Crippen LogP contribution in [0, 0.1) is 0 Å². The van der Waals surface area contributed by atoms with Crippen LogP contribution in [0.4, 0.5) is 0 Å². The first-order chi connectivity index (χ1) is 11.8. The molecule has 0 fully saturated rings. The summed E-state index contributed by atoms with van der Waals surface area (Å²) in [5.74, 6) is 0.794. The molecule has 1 aromatic heterocycles. The molecule has 1 amide bonds. The minimum Gasteiger partial charge on any atom is -0.480 e. The van der Waals surface area contributed by atoms with Crippen molar-refractivity contribution in [2.45, 2.75) is 25.4 Å². The Bertz CT molecular complexity index is 816. The fourth-order valence-corrected chi connectivity index (χ4v) is 3.93. The lowest BCUT2D eigenvalue weighted by Gasteiger charge is -2.10. The summed E-state index contributed by atoms with van der Waals surface area (Å²) in [5.41, 5.74) is 2.16. The third-order valence-corrected chi connectivity index (χ3v) is 5.24. The van der Waals surface area contributed by atoms with Crippen LogP contribution in [-0.2, 0) is 17.6 Å². The van der Waals surface area contributed by atoms with Crippen LogP contribution in [0.1, 0.15) is 17.0 Å². The summed E-state index contributed by atoms with van der Waals surface area (Å²) in [6.07, 6.45) is 2.01. The fourth-order valence-electron chi connectivity index (χ4n) is 2.92. The number of para-hydroxylation sites is 2. The SMILES string of the molecule is O=C(NCCCc1nc2ccccc2s1)C1Cc2ccccc2O1. The van der Waals surface area contributed by atoms with Gasteiger partial charge in [0.1, 0.15) is 5.75 Å². The highest BCUT2D eigenvalue weighted by Gasteiger charge is 2.28. The maximum atomic E-state index is 12.2. The molecule has 3 aromatic rings. The third-order valence-electron chi connectivity index (χ3n) is 4.14. The standard InChI is InChI=1S/C19H18N2O2S/c22-19(16-12-13-6-1-3-8-15(13)23-16)20-11-5-10-18-21-14-7-2-4-9-17(14)24-18/h1-4,6-9,16H,5,10-12H2,(H,20,22). The van der Waals surface area contributed by atoms with Gasteiger partial charge in [0.15, 0.2) is 6.10 Å². The molecule has 1 aliphatic heterocycles. The first-order valence-corrected chi connectivity index (χ1v) is 8.98. The van der Waals surface area contributed by atoms with Crippen molar-refractivity contribution in [2.24, 2.45) is 0 Å². The first kappa shape index (κ1) is 15.1. The molecular formula is C19H18N2O2S. The van der Waals surface area contributed by atoms with Crippen LogP contribution in [0.25, 0.3) is 10.2 Å². The molecule has 0 saturated heterocycles. The van der Waals surface area contributed by atoms with E-state index in [0.29, 0.717) is 13.0 Å². The number of ether oxygens (including phenoxy) is 1. The lowest BCUT2D eigenvalue weighted by molar-refractivity contribution is -0.127. The van der Waals surface area contributed by atoms with Crippen LogP contribution in [0.5, 0.6) is 5.75 Å². The van der Waals surface area contributed by atoms with Crippen molar-refractivity contribution < 1.29 is 9.53 Å². The minimum atomic E-state index is -0.398. The maximum Gasteiger partial charge on any atom is 0.261 e. The van der Waals surface area contributed by atoms with Gasteiger partial charge in [-0.3, -0.25) is 4.79 Å². The summed E-state index contributed by atoms with van der Waals surface area (Å²) in [6.45, 7) is 0.644. The second-order valence-corrected chi connectivity index (χ2v) is 7.00. The molecule has 1 atom stereocenters. The molecule has 122 valence electrons. The molecule has 2 heterocycles. The highest BCUT2D eigenvalue weighted by atomic mass is 32.1. The number of benzene rings is 2. The Morgan fingerprint density at radius 2 is 2.04 bits per heavy atom. The van der Waals surface area contributed by atoms with Gasteiger partial charge in [0.05, 0.1) is 15.2 Å². The van der Waals surface area contributed by atoms with Gasteiger partial charge in [-0.25, -0.2) is 4.98 Å². The number of hydrogen-bond donors (Lipinski definition) is 1. The van der Waals surface area contributed by atoms with E-state index in [4.69, 9.17) is 4.74 Å². The van der Waals surface area contributed by atoms with E-state index in [1.165, 1.54) is 4.70 Å². The lowest BCUT2D eigenvalue weighted by Crippen LogP contribution is -2.38. The number of nitrogens with zero attached hydrogens (tertiary/aromatic N) is 1. The molecule has 5 heteroatoms. The Morgan fingerprint density at radius 1 is 1.21 bits per heavy atom. The van der Waals surface area contributed by atoms with E-state index in [0.717, 1.165) is 34.7 Å². The zero-order chi connectivity index (χ0) is 16.4. The van der Waals surface area contributed by atoms with Crippen molar-refractivity contribution >= 4 is 27.5 Å². The number of carbonyl (C=O) groups excluding carboxylic acids is 1. The van der Waals surface area contributed by atoms with Crippen LogP contribution in [-0.4, -0.2) is 23.5 Å². The van der Waals surface area contributed by atoms with E-state index < -0.39 is 6.10 Å². The zero-order valence-corrected chi connectivity index (χ0v) is 14.0. The number of thiazole rings is 1. The van der Waals surface area contributed by atoms with Crippen molar-refractivity contribution in [3.63, 3.8) is 0 Å². The molecule has 4 rings (SSSR count). The number of hydrogen-bond acceptors (Lipinski definition) is 4. The molecule has 4 nitrogen and oxygen atoms in total. The normalized spacial score (nSPS) is 15.9. The van der Waals surface area contributed by atoms with Gasteiger partial charge >= 0.3 is 0 Å². The fraction of sp³-hybridized carbons (Fsp3) is 0.263. The third kappa shape index (κ3) is 3.12. The highest BCUT2D eigenvalue weighted by Crippen LogP contribution is 2.28. The van der Waals surface area contributed by atoms with Crippen LogP contribution in [0.15, 0.2) is 48.5 Å². The van der Waals surface area contributed by atoms with Crippen molar-refractivity contribution in [3.05, 3.63) is 59.1 Å². The van der Waals surface area contributed by atoms with Gasteiger partial charge in [-0.1, -0.05) is 30.3 Å². The van der Waals surface area contributed by atoms with Gasteiger partial charge in [0, 0.05) is 19.4 Å². The number of aromatic nitrogens is 1. The van der Waals surface area contributed by atoms with Gasteiger partial charge in [-0.15, -0.1) is 11.3 Å². The molecule has 24 heavy (non-hydrogen) atoms. The molecule has 1 aliphatic rings. The summed E-state index contributed by atoms with van der Waals surface area (Å²) in [5, 5.41) is 4.10. The minimum absolute atomic E-state index is 0.0319. The van der Waals surface area contributed by atoms with Gasteiger partial charge in [-0.2, -0.15) is 0 Å². The number of nitrogens with one attached hydrogen (secondary N) is 1. The second-order valence-electron chi connectivity index (χ2n) is 5.89. The van der Waals surface area contributed by atoms with E-state index in [9.17, 15) is 4.79 Å². The predicted octanol–water partition coefficient (Wildman–Crippen LogP) is 3.35. The van der Waals surface area contributed by atoms with Crippen molar-refractivity contribution in [1.29, 1.82) is 0 Å². The molecule has 0 radical (unpaired) electrons. The zero-order valence-electron chi connectivity index (χ0n) is 13.2. The number of amides is 1. The van der Waals surface area contributed by atoms with Crippen molar-refractivity contribution in [3.8, 4) is 5.75 Å². The average molecular weight is 338 g/mol. The van der Waals surface area contributed by atoms with Gasteiger partial charge in [-0.05, 0) is 30.2 Å². The molecule has 1 unspecified atom stereocenters. The lowest BCUT2D eigenvalue weighted by atomic mass is 10.1. The molecule has 0 bridgehead atoms. The number of rotatable bonds is 5. The Kier molecular flexibility index (Phi) is 4.17. The molecule has 2 aromatic carbocycles. The Morgan fingerprint density at radius 3 is 2.92 bits per heavy atom. The van der Waals surface area contributed by atoms with Gasteiger partial charge < -0.3 is 10.1 Å². The van der Waals surface area contributed by atoms with Crippen molar-refractivity contribution in [2.75, 3.05) is 6.54 Å². The predicted molar refractivity (Wildman–Crippen MR) is 95.5 cm³/mol. The van der Waals surface area contributed by atoms with Gasteiger partial charge in [0.2, 0.25) is 0 Å². The quantitative estimate of drug-likeness (QED) is 0.726. The molecule has 0 saturated carbocycles. The number of aryl methyl sites for hydroxylation is 1. The highest BCUT2D eigenvalue weighted by molar-refractivity contribution is 7.18. The molecular weight excluding hydrogens is 320 g/mol. The summed E-state index contributed by atoms with van der Waals surface area (Å²) in [6, 6.07) is 16.0. The topological polar surface area (TPSA) is 51.2 Å². The van der Waals surface area contributed by atoms with Crippen LogP contribution < -0.4 is 10.1 Å². The Labute approximate surface area is 144 Å². The molecule has 0 aliphatic carbocycles. The summed E-state index contributed by atoms with van der Waals surface area (Å²) in [4.78, 5) is 16.8. The summed E-state index contributed by atoms with van der Waals surface area (Å²) >= 11 is 1.72. The average Bonchev–Trinajstić information content (AvgIpc) is 3.21. The summed E-state index contributed by atoms with van der Waals surface area (Å²) in [7, 11) is 0. The van der Waals surface area contributed by atoms with Crippen LogP contribution >= 0.6 is 11.3 Å².